The molecule has 1 unspecified atom stereocenters. The third-order valence-corrected chi connectivity index (χ3v) is 2.12. The Hall–Kier alpha value is -0.630. The molecule has 0 amide bonds. The fraction of sp³-hybridized carbons (Fsp3) is 0.900. The Balaban J connectivity index is 3.40. The molecule has 0 bridgehead atoms. The van der Waals surface area contributed by atoms with Gasteiger partial charge in [-0.15, -0.1) is 0 Å². The van der Waals surface area contributed by atoms with Crippen molar-refractivity contribution in [2.75, 3.05) is 33.5 Å². The molecule has 0 aliphatic rings. The normalized spacial score (nSPS) is 14.7. The molecule has 0 aromatic rings. The van der Waals surface area contributed by atoms with Crippen LogP contribution in [0.2, 0.25) is 0 Å². The molecular formula is C10H20N2O2. The summed E-state index contributed by atoms with van der Waals surface area (Å²) < 4.78 is 10.4. The second-order valence-electron chi connectivity index (χ2n) is 3.25. The Labute approximate surface area is 86.2 Å². The van der Waals surface area contributed by atoms with Crippen molar-refractivity contribution >= 4 is 0 Å². The summed E-state index contributed by atoms with van der Waals surface area (Å²) in [7, 11) is 1.78. The number of ether oxygens (including phenoxy) is 2. The first kappa shape index (κ1) is 13.4. The first-order valence-electron chi connectivity index (χ1n) is 4.94. The lowest BCUT2D eigenvalue weighted by Crippen LogP contribution is -2.39. The summed E-state index contributed by atoms with van der Waals surface area (Å²) in [6.45, 7) is 6.33. The van der Waals surface area contributed by atoms with Crippen molar-refractivity contribution in [2.45, 2.75) is 25.8 Å². The molecule has 4 heteroatoms. The Bertz CT molecular complexity index is 179. The Kier molecular flexibility index (Phi) is 7.40. The molecule has 0 saturated carbocycles. The molecular weight excluding hydrogens is 180 g/mol. The lowest BCUT2D eigenvalue weighted by molar-refractivity contribution is 0.0474. The van der Waals surface area contributed by atoms with Crippen LogP contribution in [0.4, 0.5) is 0 Å². The van der Waals surface area contributed by atoms with E-state index in [-0.39, 0.29) is 0 Å². The SMILES string of the molecule is CCOCCOCCC(C)(C#N)NC. The van der Waals surface area contributed by atoms with Gasteiger partial charge in [0.15, 0.2) is 0 Å². The highest BCUT2D eigenvalue weighted by Crippen LogP contribution is 2.06. The van der Waals surface area contributed by atoms with Crippen molar-refractivity contribution in [3.8, 4) is 6.07 Å². The maximum absolute atomic E-state index is 8.83. The van der Waals surface area contributed by atoms with Crippen molar-refractivity contribution in [3.63, 3.8) is 0 Å². The molecule has 0 fully saturated rings. The monoisotopic (exact) mass is 200 g/mol. The molecule has 0 aliphatic carbocycles. The number of hydrogen-bond donors (Lipinski definition) is 1. The van der Waals surface area contributed by atoms with Crippen LogP contribution in [0, 0.1) is 11.3 Å². The first-order chi connectivity index (χ1) is 6.68. The molecule has 0 heterocycles. The second-order valence-corrected chi connectivity index (χ2v) is 3.25. The van der Waals surface area contributed by atoms with E-state index >= 15 is 0 Å². The van der Waals surface area contributed by atoms with Crippen molar-refractivity contribution in [2.24, 2.45) is 0 Å². The lowest BCUT2D eigenvalue weighted by atomic mass is 10.0. The van der Waals surface area contributed by atoms with Gasteiger partial charge in [0, 0.05) is 19.6 Å². The molecule has 0 aromatic heterocycles. The minimum atomic E-state index is -0.481. The van der Waals surface area contributed by atoms with E-state index in [1.54, 1.807) is 7.05 Å². The molecule has 14 heavy (non-hydrogen) atoms. The van der Waals surface area contributed by atoms with Gasteiger partial charge in [0.1, 0.15) is 5.54 Å². The Morgan fingerprint density at radius 3 is 2.43 bits per heavy atom. The number of nitrogens with zero attached hydrogens (tertiary/aromatic N) is 1. The van der Waals surface area contributed by atoms with E-state index < -0.39 is 5.54 Å². The van der Waals surface area contributed by atoms with E-state index in [9.17, 15) is 0 Å². The predicted molar refractivity (Wildman–Crippen MR) is 55.0 cm³/mol. The van der Waals surface area contributed by atoms with E-state index in [2.05, 4.69) is 11.4 Å². The standard InChI is InChI=1S/C10H20N2O2/c1-4-13-7-8-14-6-5-10(2,9-11)12-3/h12H,4-8H2,1-3H3. The number of rotatable bonds is 8. The Morgan fingerprint density at radius 1 is 1.29 bits per heavy atom. The highest BCUT2D eigenvalue weighted by molar-refractivity contribution is 5.02. The summed E-state index contributed by atoms with van der Waals surface area (Å²) in [5, 5.41) is 11.8. The van der Waals surface area contributed by atoms with Gasteiger partial charge in [-0.2, -0.15) is 5.26 Å². The van der Waals surface area contributed by atoms with Crippen LogP contribution in [-0.4, -0.2) is 39.0 Å². The molecule has 1 N–H and O–H groups in total. The molecule has 0 saturated heterocycles. The summed E-state index contributed by atoms with van der Waals surface area (Å²) in [5.74, 6) is 0. The van der Waals surface area contributed by atoms with E-state index in [0.29, 0.717) is 26.2 Å². The van der Waals surface area contributed by atoms with Crippen LogP contribution in [0.3, 0.4) is 0 Å². The van der Waals surface area contributed by atoms with Crippen molar-refractivity contribution in [1.29, 1.82) is 5.26 Å². The van der Waals surface area contributed by atoms with Crippen LogP contribution in [0.15, 0.2) is 0 Å². The van der Waals surface area contributed by atoms with Crippen LogP contribution >= 0.6 is 0 Å². The lowest BCUT2D eigenvalue weighted by Gasteiger charge is -2.20. The van der Waals surface area contributed by atoms with Crippen molar-refractivity contribution in [1.82, 2.24) is 5.32 Å². The van der Waals surface area contributed by atoms with Crippen LogP contribution in [-0.2, 0) is 9.47 Å². The predicted octanol–water partition coefficient (Wildman–Crippen LogP) is 0.931. The van der Waals surface area contributed by atoms with Gasteiger partial charge in [0.2, 0.25) is 0 Å². The van der Waals surface area contributed by atoms with Crippen LogP contribution in [0.1, 0.15) is 20.3 Å². The maximum atomic E-state index is 8.83. The maximum Gasteiger partial charge on any atom is 0.105 e. The van der Waals surface area contributed by atoms with Crippen LogP contribution in [0.25, 0.3) is 0 Å². The zero-order valence-electron chi connectivity index (χ0n) is 9.30. The van der Waals surface area contributed by atoms with Crippen molar-refractivity contribution in [3.05, 3.63) is 0 Å². The zero-order chi connectivity index (χ0) is 10.9. The number of nitriles is 1. The van der Waals surface area contributed by atoms with Crippen molar-refractivity contribution < 1.29 is 9.47 Å². The van der Waals surface area contributed by atoms with Crippen LogP contribution in [0.5, 0.6) is 0 Å². The summed E-state index contributed by atoms with van der Waals surface area (Å²) in [4.78, 5) is 0. The average Bonchev–Trinajstić information content (AvgIpc) is 2.23. The summed E-state index contributed by atoms with van der Waals surface area (Å²) in [5.41, 5.74) is -0.481. The molecule has 0 radical (unpaired) electrons. The first-order valence-corrected chi connectivity index (χ1v) is 4.94. The summed E-state index contributed by atoms with van der Waals surface area (Å²) in [6, 6.07) is 2.21. The molecule has 0 spiro atoms. The van der Waals surface area contributed by atoms with Gasteiger partial charge in [-0.3, -0.25) is 0 Å². The van der Waals surface area contributed by atoms with E-state index in [1.807, 2.05) is 13.8 Å². The quantitative estimate of drug-likeness (QED) is 0.592. The van der Waals surface area contributed by atoms with Gasteiger partial charge in [-0.25, -0.2) is 0 Å². The summed E-state index contributed by atoms with van der Waals surface area (Å²) in [6.07, 6.45) is 0.687. The Morgan fingerprint density at radius 2 is 1.93 bits per heavy atom. The van der Waals surface area contributed by atoms with Gasteiger partial charge < -0.3 is 14.8 Å². The topological polar surface area (TPSA) is 54.3 Å². The number of nitrogens with one attached hydrogen (secondary N) is 1. The second kappa shape index (κ2) is 7.74. The molecule has 82 valence electrons. The van der Waals surface area contributed by atoms with Gasteiger partial charge in [-0.1, -0.05) is 0 Å². The largest absolute Gasteiger partial charge is 0.379 e. The molecule has 4 nitrogen and oxygen atoms in total. The molecule has 0 aliphatic heterocycles. The molecule has 1 atom stereocenters. The zero-order valence-corrected chi connectivity index (χ0v) is 9.30. The third kappa shape index (κ3) is 5.92. The fourth-order valence-electron chi connectivity index (χ4n) is 0.877. The van der Waals surface area contributed by atoms with E-state index in [0.717, 1.165) is 6.61 Å². The molecule has 0 rings (SSSR count). The highest BCUT2D eigenvalue weighted by Gasteiger charge is 2.20. The van der Waals surface area contributed by atoms with Gasteiger partial charge in [-0.05, 0) is 20.9 Å². The van der Waals surface area contributed by atoms with E-state index in [4.69, 9.17) is 14.7 Å². The van der Waals surface area contributed by atoms with Gasteiger partial charge in [0.05, 0.1) is 19.3 Å². The van der Waals surface area contributed by atoms with Gasteiger partial charge >= 0.3 is 0 Å². The fourth-order valence-corrected chi connectivity index (χ4v) is 0.877. The van der Waals surface area contributed by atoms with Crippen LogP contribution < -0.4 is 5.32 Å². The highest BCUT2D eigenvalue weighted by atomic mass is 16.5. The van der Waals surface area contributed by atoms with Gasteiger partial charge in [0.25, 0.3) is 0 Å². The minimum absolute atomic E-state index is 0.481. The average molecular weight is 200 g/mol. The summed E-state index contributed by atoms with van der Waals surface area (Å²) >= 11 is 0. The number of hydrogen-bond acceptors (Lipinski definition) is 4. The smallest absolute Gasteiger partial charge is 0.105 e. The minimum Gasteiger partial charge on any atom is -0.379 e. The third-order valence-electron chi connectivity index (χ3n) is 2.12. The molecule has 0 aromatic carbocycles. The van der Waals surface area contributed by atoms with E-state index in [1.165, 1.54) is 0 Å².